The molecule has 782 valence electrons. The highest BCUT2D eigenvalue weighted by Gasteiger charge is 2.41. The van der Waals surface area contributed by atoms with E-state index >= 15 is 0 Å². The second-order valence-corrected chi connectivity index (χ2v) is 51.9. The number of fused-ring (bicyclic) bond motifs is 5. The molecule has 0 spiro atoms. The molecule has 1 saturated carbocycles. The largest absolute Gasteiger partial charge is 0.481 e. The Kier molecular flexibility index (Phi) is 39.2. The molecule has 0 amide bonds. The molecule has 5 aromatic heterocycles. The number of carbonyl (C=O) groups is 10. The summed E-state index contributed by atoms with van der Waals surface area (Å²) in [6.07, 6.45) is 12.0. The van der Waals surface area contributed by atoms with Gasteiger partial charge in [-0.3, -0.25) is 70.8 Å². The number of aromatic nitrogens is 10. The van der Waals surface area contributed by atoms with E-state index in [9.17, 15) is 47.9 Å². The van der Waals surface area contributed by atoms with E-state index in [0.29, 0.717) is 37.6 Å². The molecule has 0 aliphatic heterocycles. The number of aliphatic carboxylic acids is 5. The summed E-state index contributed by atoms with van der Waals surface area (Å²) in [5, 5.41) is 60.5. The zero-order valence-electron chi connectivity index (χ0n) is 86.2. The predicted octanol–water partition coefficient (Wildman–Crippen LogP) is 29.6. The molecule has 25 nitrogen and oxygen atoms in total. The van der Waals surface area contributed by atoms with Gasteiger partial charge in [-0.25, -0.2) is 24.9 Å². The van der Waals surface area contributed by atoms with Crippen LogP contribution in [0.15, 0.2) is 268 Å². The number of aryl methyl sites for hydroxylation is 2. The van der Waals surface area contributed by atoms with Crippen molar-refractivity contribution in [3.8, 4) is 28.4 Å². The minimum Gasteiger partial charge on any atom is -0.481 e. The van der Waals surface area contributed by atoms with Gasteiger partial charge in [-0.2, -0.15) is 0 Å². The fourth-order valence-electron chi connectivity index (χ4n) is 16.6. The normalized spacial score (nSPS) is 13.4. The van der Waals surface area contributed by atoms with Crippen LogP contribution in [0, 0.1) is 36.5 Å². The maximum Gasteiger partial charge on any atom is 0.306 e. The van der Waals surface area contributed by atoms with Gasteiger partial charge in [0.1, 0.15) is 51.9 Å². The average Bonchev–Trinajstić information content (AvgIpc) is 1.69. The first-order valence-corrected chi connectivity index (χ1v) is 56.7. The Labute approximate surface area is 930 Å². The highest BCUT2D eigenvalue weighted by atomic mass is 79.9. The van der Waals surface area contributed by atoms with Gasteiger partial charge in [-0.15, -0.1) is 0 Å². The zero-order chi connectivity index (χ0) is 109. The van der Waals surface area contributed by atoms with Gasteiger partial charge >= 0.3 is 29.8 Å². The molecule has 5 atom stereocenters. The van der Waals surface area contributed by atoms with Crippen LogP contribution < -0.4 is 0 Å². The third kappa shape index (κ3) is 28.1. The van der Waals surface area contributed by atoms with Crippen molar-refractivity contribution in [2.24, 2.45) is 29.6 Å². The third-order valence-corrected chi connectivity index (χ3v) is 34.9. The predicted molar refractivity (Wildman–Crippen MR) is 616 cm³/mol. The second kappa shape index (κ2) is 49.9. The maximum atomic E-state index is 12.8. The van der Waals surface area contributed by atoms with Gasteiger partial charge in [0.25, 0.3) is 0 Å². The number of thioether (sulfide) groups is 5. The van der Waals surface area contributed by atoms with Crippen LogP contribution in [-0.4, -0.2) is 156 Å². The molecular weight excluding hydrogens is 2310 g/mol. The van der Waals surface area contributed by atoms with E-state index in [1.165, 1.54) is 110 Å². The summed E-state index contributed by atoms with van der Waals surface area (Å²) >= 11 is 24.7. The summed E-state index contributed by atoms with van der Waals surface area (Å²) in [5.41, 5.74) is 10.0. The molecule has 10 aromatic carbocycles. The van der Waals surface area contributed by atoms with Crippen molar-refractivity contribution in [1.29, 1.82) is 0 Å². The number of nitrogens with zero attached hydrogens (tertiary/aromatic N) is 10. The van der Waals surface area contributed by atoms with E-state index in [2.05, 4.69) is 254 Å². The average molecular weight is 2430 g/mol. The molecule has 0 radical (unpaired) electrons. The summed E-state index contributed by atoms with van der Waals surface area (Å²) in [6, 6.07) is 64.2. The van der Waals surface area contributed by atoms with Gasteiger partial charge in [-0.1, -0.05) is 272 Å². The number of halogens is 5. The fraction of sp³-hybridized carbons (Fsp3) is 0.342. The van der Waals surface area contributed by atoms with Crippen LogP contribution in [0.5, 0.6) is 0 Å². The lowest BCUT2D eigenvalue weighted by Crippen LogP contribution is -2.31. The number of carbonyl (C=O) groups excluding carboxylic acids is 5. The number of ketones is 5. The minimum atomic E-state index is -0.964. The highest BCUT2D eigenvalue weighted by Crippen LogP contribution is 2.49. The molecule has 15 aromatic rings. The first-order valence-electron chi connectivity index (χ1n) is 48.6. The van der Waals surface area contributed by atoms with Crippen molar-refractivity contribution in [3.05, 3.63) is 264 Å². The molecule has 0 saturated heterocycles. The number of imidazole rings is 5. The molecule has 1 aliphatic rings. The Morgan fingerprint density at radius 1 is 0.309 bits per heavy atom. The third-order valence-electron chi connectivity index (χ3n) is 26.1. The van der Waals surface area contributed by atoms with Crippen molar-refractivity contribution in [3.63, 3.8) is 0 Å². The molecule has 5 unspecified atom stereocenters. The molecule has 35 heteroatoms. The van der Waals surface area contributed by atoms with Crippen molar-refractivity contribution < 1.29 is 73.5 Å². The van der Waals surface area contributed by atoms with E-state index < -0.39 is 83.2 Å². The number of benzene rings is 10. The van der Waals surface area contributed by atoms with Gasteiger partial charge in [0.05, 0.1) is 113 Å². The number of Topliss-reactive ketones (excluding diaryl/α,β-unsaturated/α-hetero) is 5. The lowest BCUT2D eigenvalue weighted by Gasteiger charge is -2.24. The Hall–Kier alpha value is -10.6. The summed E-state index contributed by atoms with van der Waals surface area (Å²) < 4.78 is 9.90. The minimum absolute atomic E-state index is 0.00374. The first-order chi connectivity index (χ1) is 70.2. The number of rotatable bonds is 38. The van der Waals surface area contributed by atoms with Gasteiger partial charge in [-0.05, 0) is 266 Å². The molecule has 5 N–H and O–H groups in total. The fourth-order valence-corrected chi connectivity index (χ4v) is 24.8. The standard InChI is InChI=1S/C24H25BrN2O3S.C24H27BrN2O3S.C23H25BrN2O3S.C22H23BrN2O3S.C21H21BrN2O3S/c1-14(22(29)30)12-20(28)24(2,3)31-23-26-13-21(25)27(23)19-11-10-16(15-8-9-15)17-6-4-5-7-18(17)19;1-14(2)16-10-11-19(18-9-7-6-8-17(16)18)27-21(25)13-26-23(27)31-24(4,5)20(28)12-15(3)22(29)30;1-5-15-10-11-18(17-9-7-6-8-16(15)17)26-20(24)13-25-22(26)30-23(3,4)19(27)12-14(2)21(28)29;1-13-9-10-17(16-8-6-5-7-15(13)16)25-19(23)12-24-21(25)29-22(3,4)18(26)11-14(2)20(27)28;1-13(19(26)27)11-17(25)21(2,3)28-20-23-12-18(22)24(20)16-10-6-8-14-7-4-5-9-15(14)16/h4-7,10-11,13-15H,8-9,12H2,1-3H3,(H,29,30);6-11,13-15H,12H2,1-5H3,(H,29,30);6-11,13-14H,5,12H2,1-4H3,(H,28,29);5-10,12,14H,11H2,1-4H3,(H,27,28);4-10,12-13H,11H2,1-3H3,(H,26,27). The molecule has 149 heavy (non-hydrogen) atoms. The molecular formula is C114H121Br5N10O15S5. The second-order valence-electron chi connectivity index (χ2n) is 39.8. The van der Waals surface area contributed by atoms with Gasteiger partial charge in [0, 0.05) is 59.0 Å². The summed E-state index contributed by atoms with van der Waals surface area (Å²) in [6.45, 7) is 34.5. The van der Waals surface area contributed by atoms with Crippen LogP contribution in [-0.2, 0) is 54.4 Å². The molecule has 0 bridgehead atoms. The van der Waals surface area contributed by atoms with Crippen molar-refractivity contribution in [2.45, 2.75) is 244 Å². The van der Waals surface area contributed by atoms with Crippen LogP contribution in [0.2, 0.25) is 0 Å². The van der Waals surface area contributed by atoms with Crippen LogP contribution >= 0.6 is 138 Å². The Balaban J connectivity index is 0.000000165. The zero-order valence-corrected chi connectivity index (χ0v) is 98.2. The number of carboxylic acid groups (broad SMARTS) is 5. The maximum absolute atomic E-state index is 12.8. The van der Waals surface area contributed by atoms with Crippen LogP contribution in [0.1, 0.15) is 204 Å². The molecule has 1 aliphatic carbocycles. The van der Waals surface area contributed by atoms with Gasteiger partial charge in [0.15, 0.2) is 25.8 Å². The number of hydrogen-bond acceptors (Lipinski definition) is 20. The monoisotopic (exact) mass is 2420 g/mol. The Morgan fingerprint density at radius 3 is 0.872 bits per heavy atom. The Bertz CT molecular complexity index is 7410. The topological polar surface area (TPSA) is 361 Å². The van der Waals surface area contributed by atoms with Crippen molar-refractivity contribution in [2.75, 3.05) is 0 Å². The van der Waals surface area contributed by atoms with Crippen molar-refractivity contribution in [1.82, 2.24) is 47.8 Å². The summed E-state index contributed by atoms with van der Waals surface area (Å²) in [4.78, 5) is 142. The van der Waals surface area contributed by atoms with Crippen LogP contribution in [0.3, 0.4) is 0 Å². The quantitative estimate of drug-likeness (QED) is 0.0224. The molecule has 16 rings (SSSR count). The van der Waals surface area contributed by atoms with E-state index in [4.69, 9.17) is 25.5 Å². The molecule has 1 fully saturated rings. The summed E-state index contributed by atoms with van der Waals surface area (Å²) in [5.74, 6) is -7.89. The van der Waals surface area contributed by atoms with Crippen molar-refractivity contribution >= 4 is 251 Å². The number of carboxylic acids is 5. The summed E-state index contributed by atoms with van der Waals surface area (Å²) in [7, 11) is 0. The highest BCUT2D eigenvalue weighted by molar-refractivity contribution is 9.11. The SMILES string of the molecule is CC(CC(=O)C(C)(C)Sc1ncc(Br)n1-c1ccc(C(C)C)c2ccccc12)C(=O)O.CC(CC(=O)C(C)(C)Sc1ncc(Br)n1-c1ccc(C2CC2)c2ccccc12)C(=O)O.CC(CC(=O)C(C)(C)Sc1ncc(Br)n1-c1cccc2ccccc12)C(=O)O.CCc1ccc(-n2c(Br)cnc2SC(C)(C)C(=O)CC(C)C(=O)O)c2ccccc12.Cc1ccc(-n2c(Br)cnc2SC(C)(C)C(=O)CC(C)C(=O)O)c2ccccc12. The van der Waals surface area contributed by atoms with Gasteiger partial charge < -0.3 is 25.5 Å². The first kappa shape index (κ1) is 117. The Morgan fingerprint density at radius 2 is 0.557 bits per heavy atom. The van der Waals surface area contributed by atoms with E-state index in [0.717, 1.165) is 95.6 Å². The number of hydrogen-bond donors (Lipinski definition) is 5. The smallest absolute Gasteiger partial charge is 0.306 e. The van der Waals surface area contributed by atoms with E-state index in [1.54, 1.807) is 65.6 Å². The van der Waals surface area contributed by atoms with Crippen LogP contribution in [0.4, 0.5) is 0 Å². The molecule has 5 heterocycles. The van der Waals surface area contributed by atoms with Gasteiger partial charge in [0.2, 0.25) is 0 Å². The lowest BCUT2D eigenvalue weighted by molar-refractivity contribution is -0.143. The van der Waals surface area contributed by atoms with E-state index in [1.807, 2.05) is 159 Å². The van der Waals surface area contributed by atoms with E-state index in [-0.39, 0.29) is 61.0 Å². The lowest BCUT2D eigenvalue weighted by atomic mass is 9.95. The van der Waals surface area contributed by atoms with Crippen LogP contribution in [0.25, 0.3) is 82.3 Å².